The highest BCUT2D eigenvalue weighted by Gasteiger charge is 1.92. The highest BCUT2D eigenvalue weighted by atomic mass is 16.5. The minimum absolute atomic E-state index is 0.626. The van der Waals surface area contributed by atoms with Crippen molar-refractivity contribution >= 4 is 0 Å². The maximum absolute atomic E-state index is 5.41. The van der Waals surface area contributed by atoms with Gasteiger partial charge in [0.25, 0.3) is 0 Å². The van der Waals surface area contributed by atoms with Gasteiger partial charge in [0.15, 0.2) is 0 Å². The molecule has 0 heterocycles. The summed E-state index contributed by atoms with van der Waals surface area (Å²) in [6.07, 6.45) is 7.99. The van der Waals surface area contributed by atoms with Gasteiger partial charge in [-0.05, 0) is 36.8 Å². The second-order valence-electron chi connectivity index (χ2n) is 3.71. The van der Waals surface area contributed by atoms with Crippen molar-refractivity contribution in [2.45, 2.75) is 53.4 Å². The van der Waals surface area contributed by atoms with Crippen LogP contribution < -0.4 is 0 Å². The Morgan fingerprint density at radius 2 is 1.00 bits per heavy atom. The van der Waals surface area contributed by atoms with Gasteiger partial charge in [0.05, 0.1) is 12.5 Å². The zero-order valence-corrected chi connectivity index (χ0v) is 11.2. The Balaban J connectivity index is 3.61. The van der Waals surface area contributed by atoms with Gasteiger partial charge in [-0.1, -0.05) is 27.7 Å². The first-order chi connectivity index (χ1) is 7.78. The van der Waals surface area contributed by atoms with Crippen LogP contribution in [0.3, 0.4) is 0 Å². The van der Waals surface area contributed by atoms with Crippen LogP contribution in [0.25, 0.3) is 0 Å². The van der Waals surface area contributed by atoms with Gasteiger partial charge < -0.3 is 9.47 Å². The molecular weight excluding hydrogens is 200 g/mol. The molecule has 0 amide bonds. The first-order valence-electron chi connectivity index (χ1n) is 6.37. The molecule has 0 fully saturated rings. The van der Waals surface area contributed by atoms with Gasteiger partial charge >= 0.3 is 0 Å². The van der Waals surface area contributed by atoms with Crippen LogP contribution in [-0.4, -0.2) is 13.2 Å². The highest BCUT2D eigenvalue weighted by molar-refractivity contribution is 4.96. The van der Waals surface area contributed by atoms with Crippen LogP contribution in [-0.2, 0) is 9.47 Å². The molecule has 0 bridgehead atoms. The van der Waals surface area contributed by atoms with E-state index in [1.54, 1.807) is 0 Å². The molecule has 0 saturated carbocycles. The highest BCUT2D eigenvalue weighted by Crippen LogP contribution is 2.06. The van der Waals surface area contributed by atoms with Crippen LogP contribution in [0.4, 0.5) is 0 Å². The van der Waals surface area contributed by atoms with E-state index in [2.05, 4.69) is 27.7 Å². The zero-order chi connectivity index (χ0) is 12.2. The lowest BCUT2D eigenvalue weighted by atomic mass is 10.2. The number of allylic oxidation sites excluding steroid dienone is 2. The molecule has 0 rings (SSSR count). The third-order valence-corrected chi connectivity index (χ3v) is 2.64. The summed E-state index contributed by atoms with van der Waals surface area (Å²) in [5.41, 5.74) is 2.69. The van der Waals surface area contributed by atoms with Crippen molar-refractivity contribution in [2.24, 2.45) is 0 Å². The van der Waals surface area contributed by atoms with Crippen molar-refractivity contribution in [3.05, 3.63) is 23.7 Å². The standard InChI is InChI=1S/C14H26O2/c1-5-13(6-2)11-15-9-10-16-12-14(7-3)8-4/h11-12H,5-10H2,1-4H3. The van der Waals surface area contributed by atoms with E-state index in [1.807, 2.05) is 12.5 Å². The van der Waals surface area contributed by atoms with Crippen LogP contribution in [0.1, 0.15) is 53.4 Å². The van der Waals surface area contributed by atoms with E-state index in [1.165, 1.54) is 11.1 Å². The smallest absolute Gasteiger partial charge is 0.121 e. The van der Waals surface area contributed by atoms with E-state index in [0.29, 0.717) is 13.2 Å². The predicted molar refractivity (Wildman–Crippen MR) is 69.2 cm³/mol. The molecule has 0 atom stereocenters. The minimum atomic E-state index is 0.626. The fourth-order valence-electron chi connectivity index (χ4n) is 1.28. The number of ether oxygens (including phenoxy) is 2. The molecule has 94 valence electrons. The molecule has 0 aliphatic heterocycles. The third-order valence-electron chi connectivity index (χ3n) is 2.64. The van der Waals surface area contributed by atoms with Crippen molar-refractivity contribution in [3.8, 4) is 0 Å². The van der Waals surface area contributed by atoms with Gasteiger partial charge in [-0.25, -0.2) is 0 Å². The van der Waals surface area contributed by atoms with Gasteiger partial charge in [0, 0.05) is 0 Å². The van der Waals surface area contributed by atoms with E-state index in [9.17, 15) is 0 Å². The van der Waals surface area contributed by atoms with E-state index >= 15 is 0 Å². The summed E-state index contributed by atoms with van der Waals surface area (Å²) in [5, 5.41) is 0. The lowest BCUT2D eigenvalue weighted by molar-refractivity contribution is 0.146. The molecule has 0 radical (unpaired) electrons. The van der Waals surface area contributed by atoms with Crippen LogP contribution >= 0.6 is 0 Å². The molecule has 0 aromatic rings. The normalized spacial score (nSPS) is 9.50. The predicted octanol–water partition coefficient (Wildman–Crippen LogP) is 4.43. The largest absolute Gasteiger partial charge is 0.498 e. The minimum Gasteiger partial charge on any atom is -0.498 e. The summed E-state index contributed by atoms with van der Waals surface area (Å²) in [6, 6.07) is 0. The molecule has 2 heteroatoms. The van der Waals surface area contributed by atoms with Gasteiger partial charge in [0.1, 0.15) is 13.2 Å². The number of rotatable bonds is 9. The molecular formula is C14H26O2. The molecule has 0 unspecified atom stereocenters. The first-order valence-corrected chi connectivity index (χ1v) is 6.37. The molecule has 0 spiro atoms. The number of hydrogen-bond donors (Lipinski definition) is 0. The molecule has 0 aromatic carbocycles. The number of hydrogen-bond acceptors (Lipinski definition) is 2. The molecule has 0 aliphatic carbocycles. The fourth-order valence-corrected chi connectivity index (χ4v) is 1.28. The Hall–Kier alpha value is -0.920. The van der Waals surface area contributed by atoms with Crippen molar-refractivity contribution in [1.29, 1.82) is 0 Å². The zero-order valence-electron chi connectivity index (χ0n) is 11.2. The summed E-state index contributed by atoms with van der Waals surface area (Å²) < 4.78 is 10.8. The maximum atomic E-state index is 5.41. The Labute approximate surface area is 100 Å². The quantitative estimate of drug-likeness (QED) is 0.428. The van der Waals surface area contributed by atoms with Gasteiger partial charge in [0.2, 0.25) is 0 Å². The van der Waals surface area contributed by atoms with Crippen molar-refractivity contribution in [1.82, 2.24) is 0 Å². The van der Waals surface area contributed by atoms with Crippen molar-refractivity contribution in [2.75, 3.05) is 13.2 Å². The molecule has 16 heavy (non-hydrogen) atoms. The molecule has 0 aliphatic rings. The van der Waals surface area contributed by atoms with Crippen LogP contribution in [0.2, 0.25) is 0 Å². The van der Waals surface area contributed by atoms with Crippen LogP contribution in [0, 0.1) is 0 Å². The summed E-state index contributed by atoms with van der Waals surface area (Å²) in [4.78, 5) is 0. The molecule has 0 aromatic heterocycles. The monoisotopic (exact) mass is 226 g/mol. The Bertz CT molecular complexity index is 181. The van der Waals surface area contributed by atoms with Crippen molar-refractivity contribution in [3.63, 3.8) is 0 Å². The average molecular weight is 226 g/mol. The molecule has 0 saturated heterocycles. The lowest BCUT2D eigenvalue weighted by Crippen LogP contribution is -1.98. The second-order valence-corrected chi connectivity index (χ2v) is 3.71. The summed E-state index contributed by atoms with van der Waals surface area (Å²) in [6.45, 7) is 9.83. The molecule has 0 N–H and O–H groups in total. The Morgan fingerprint density at radius 1 is 0.688 bits per heavy atom. The summed E-state index contributed by atoms with van der Waals surface area (Å²) in [7, 11) is 0. The topological polar surface area (TPSA) is 18.5 Å². The van der Waals surface area contributed by atoms with Gasteiger partial charge in [-0.15, -0.1) is 0 Å². The van der Waals surface area contributed by atoms with Crippen LogP contribution in [0.15, 0.2) is 23.7 Å². The van der Waals surface area contributed by atoms with Crippen molar-refractivity contribution < 1.29 is 9.47 Å². The SMILES string of the molecule is CCC(=COCCOC=C(CC)CC)CC. The average Bonchev–Trinajstić information content (AvgIpc) is 2.33. The summed E-state index contributed by atoms with van der Waals surface area (Å²) >= 11 is 0. The second kappa shape index (κ2) is 10.6. The molecule has 2 nitrogen and oxygen atoms in total. The van der Waals surface area contributed by atoms with Crippen LogP contribution in [0.5, 0.6) is 0 Å². The van der Waals surface area contributed by atoms with E-state index in [0.717, 1.165) is 25.7 Å². The first kappa shape index (κ1) is 15.1. The van der Waals surface area contributed by atoms with Gasteiger partial charge in [-0.3, -0.25) is 0 Å². The Morgan fingerprint density at radius 3 is 1.25 bits per heavy atom. The lowest BCUT2D eigenvalue weighted by Gasteiger charge is -2.05. The fraction of sp³-hybridized carbons (Fsp3) is 0.714. The van der Waals surface area contributed by atoms with E-state index in [4.69, 9.17) is 9.47 Å². The summed E-state index contributed by atoms with van der Waals surface area (Å²) in [5.74, 6) is 0. The maximum Gasteiger partial charge on any atom is 0.121 e. The Kier molecular flexibility index (Phi) is 9.98. The third kappa shape index (κ3) is 7.38. The van der Waals surface area contributed by atoms with E-state index < -0.39 is 0 Å². The van der Waals surface area contributed by atoms with E-state index in [-0.39, 0.29) is 0 Å². The van der Waals surface area contributed by atoms with Gasteiger partial charge in [-0.2, -0.15) is 0 Å².